The lowest BCUT2D eigenvalue weighted by molar-refractivity contribution is -0.255. The molecule has 0 aliphatic carbocycles. The van der Waals surface area contributed by atoms with Crippen LogP contribution >= 0.6 is 0 Å². The third-order valence-corrected chi connectivity index (χ3v) is 3.93. The van der Waals surface area contributed by atoms with Gasteiger partial charge in [0.2, 0.25) is 0 Å². The summed E-state index contributed by atoms with van der Waals surface area (Å²) < 4.78 is 51.9. The van der Waals surface area contributed by atoms with Crippen LogP contribution in [-0.4, -0.2) is 14.4 Å². The van der Waals surface area contributed by atoms with Crippen molar-refractivity contribution in [3.05, 3.63) is 59.7 Å². The van der Waals surface area contributed by atoms with Gasteiger partial charge < -0.3 is 9.90 Å². The topological polar surface area (TPSA) is 86.3 Å². The summed E-state index contributed by atoms with van der Waals surface area (Å²) in [7, 11) is -4.13. The van der Waals surface area contributed by atoms with Crippen molar-refractivity contribution in [3.63, 3.8) is 0 Å². The van der Waals surface area contributed by atoms with Gasteiger partial charge in [-0.1, -0.05) is 12.1 Å². The lowest BCUT2D eigenvalue weighted by Gasteiger charge is -2.10. The van der Waals surface area contributed by atoms with Crippen LogP contribution < -0.4 is 9.83 Å². The molecule has 0 saturated heterocycles. The zero-order valence-electron chi connectivity index (χ0n) is 10.3. The summed E-state index contributed by atoms with van der Waals surface area (Å²) in [6, 6.07) is 6.95. The van der Waals surface area contributed by atoms with E-state index >= 15 is 0 Å². The summed E-state index contributed by atoms with van der Waals surface area (Å²) in [6.45, 7) is 0. The highest BCUT2D eigenvalue weighted by molar-refractivity contribution is 7.92. The van der Waals surface area contributed by atoms with E-state index in [4.69, 9.17) is 0 Å². The number of sulfonamides is 1. The van der Waals surface area contributed by atoms with Crippen LogP contribution in [0, 0.1) is 11.6 Å². The minimum atomic E-state index is -4.13. The monoisotopic (exact) mass is 312 g/mol. The summed E-state index contributed by atoms with van der Waals surface area (Å²) in [5.41, 5.74) is -0.504. The molecule has 8 heteroatoms. The summed E-state index contributed by atoms with van der Waals surface area (Å²) in [6.07, 6.45) is 0. The zero-order valence-corrected chi connectivity index (χ0v) is 11.2. The largest absolute Gasteiger partial charge is 0.545 e. The third-order valence-electron chi connectivity index (χ3n) is 2.55. The molecule has 0 aliphatic heterocycles. The van der Waals surface area contributed by atoms with Crippen LogP contribution in [0.15, 0.2) is 47.4 Å². The van der Waals surface area contributed by atoms with Gasteiger partial charge in [-0.25, -0.2) is 17.2 Å². The molecule has 21 heavy (non-hydrogen) atoms. The summed E-state index contributed by atoms with van der Waals surface area (Å²) >= 11 is 0. The first-order valence-corrected chi connectivity index (χ1v) is 7.07. The first kappa shape index (κ1) is 14.9. The van der Waals surface area contributed by atoms with Crippen LogP contribution in [-0.2, 0) is 10.0 Å². The fourth-order valence-electron chi connectivity index (χ4n) is 1.56. The summed E-state index contributed by atoms with van der Waals surface area (Å²) in [5.74, 6) is -3.85. The Morgan fingerprint density at radius 2 is 1.76 bits per heavy atom. The number of anilines is 1. The first-order chi connectivity index (χ1) is 9.79. The molecule has 1 N–H and O–H groups in total. The van der Waals surface area contributed by atoms with E-state index in [-0.39, 0.29) is 16.1 Å². The number of carboxylic acid groups (broad SMARTS) is 1. The maximum Gasteiger partial charge on any atom is 0.261 e. The van der Waals surface area contributed by atoms with Crippen molar-refractivity contribution < 1.29 is 27.1 Å². The number of benzene rings is 2. The van der Waals surface area contributed by atoms with Crippen LogP contribution in [0.4, 0.5) is 14.5 Å². The minimum Gasteiger partial charge on any atom is -0.545 e. The predicted molar refractivity (Wildman–Crippen MR) is 67.9 cm³/mol. The minimum absolute atomic E-state index is 0.187. The molecule has 110 valence electrons. The molecular weight excluding hydrogens is 304 g/mol. The predicted octanol–water partition coefficient (Wildman–Crippen LogP) is 1.13. The molecule has 0 bridgehead atoms. The van der Waals surface area contributed by atoms with Crippen LogP contribution in [0.3, 0.4) is 0 Å². The second kappa shape index (κ2) is 5.49. The number of aromatic carboxylic acids is 1. The lowest BCUT2D eigenvalue weighted by atomic mass is 10.2. The zero-order chi connectivity index (χ0) is 15.6. The SMILES string of the molecule is O=C([O-])c1cccc(S(=O)(=O)Nc2ccc(F)c(F)c2)c1. The number of rotatable bonds is 4. The van der Waals surface area contributed by atoms with Gasteiger partial charge in [0, 0.05) is 6.07 Å². The molecule has 0 fully saturated rings. The average Bonchev–Trinajstić information content (AvgIpc) is 2.43. The number of hydrogen-bond acceptors (Lipinski definition) is 4. The smallest absolute Gasteiger partial charge is 0.261 e. The molecule has 0 atom stereocenters. The summed E-state index contributed by atoms with van der Waals surface area (Å²) in [4.78, 5) is 10.4. The highest BCUT2D eigenvalue weighted by Crippen LogP contribution is 2.19. The number of nitrogens with one attached hydrogen (secondary N) is 1. The molecule has 0 saturated carbocycles. The molecule has 2 aromatic rings. The van der Waals surface area contributed by atoms with Crippen LogP contribution in [0.2, 0.25) is 0 Å². The van der Waals surface area contributed by atoms with Crippen LogP contribution in [0.1, 0.15) is 10.4 Å². The van der Waals surface area contributed by atoms with Crippen LogP contribution in [0.25, 0.3) is 0 Å². The number of halogens is 2. The fraction of sp³-hybridized carbons (Fsp3) is 0. The van der Waals surface area contributed by atoms with Gasteiger partial charge in [-0.05, 0) is 29.8 Å². The van der Waals surface area contributed by atoms with E-state index in [1.54, 1.807) is 0 Å². The molecular formula is C13H8F2NO4S-. The van der Waals surface area contributed by atoms with Gasteiger partial charge in [0.15, 0.2) is 11.6 Å². The van der Waals surface area contributed by atoms with Crippen molar-refractivity contribution in [1.82, 2.24) is 0 Å². The Hall–Kier alpha value is -2.48. The third kappa shape index (κ3) is 3.34. The van der Waals surface area contributed by atoms with E-state index in [2.05, 4.69) is 0 Å². The molecule has 0 aliphatic rings. The molecule has 5 nitrogen and oxygen atoms in total. The van der Waals surface area contributed by atoms with Gasteiger partial charge >= 0.3 is 0 Å². The number of carbonyl (C=O) groups excluding carboxylic acids is 1. The van der Waals surface area contributed by atoms with E-state index in [0.717, 1.165) is 24.3 Å². The Labute approximate surface area is 118 Å². The van der Waals surface area contributed by atoms with Gasteiger partial charge in [-0.2, -0.15) is 0 Å². The standard InChI is InChI=1S/C13H9F2NO4S/c14-11-5-4-9(7-12(11)15)16-21(19,20)10-3-1-2-8(6-10)13(17)18/h1-7,16H,(H,17,18)/p-1. The Morgan fingerprint density at radius 3 is 2.38 bits per heavy atom. The Balaban J connectivity index is 2.36. The van der Waals surface area contributed by atoms with E-state index in [1.165, 1.54) is 12.1 Å². The van der Waals surface area contributed by atoms with E-state index in [1.807, 2.05) is 4.72 Å². The fourth-order valence-corrected chi connectivity index (χ4v) is 2.66. The van der Waals surface area contributed by atoms with E-state index in [0.29, 0.717) is 6.07 Å². The van der Waals surface area contributed by atoms with Crippen molar-refractivity contribution in [2.24, 2.45) is 0 Å². The van der Waals surface area contributed by atoms with E-state index < -0.39 is 27.6 Å². The number of carboxylic acids is 1. The highest BCUT2D eigenvalue weighted by atomic mass is 32.2. The van der Waals surface area contributed by atoms with Crippen molar-refractivity contribution in [3.8, 4) is 0 Å². The van der Waals surface area contributed by atoms with Crippen molar-refractivity contribution >= 4 is 21.7 Å². The maximum atomic E-state index is 13.0. The molecule has 2 aromatic carbocycles. The lowest BCUT2D eigenvalue weighted by Crippen LogP contribution is -2.23. The first-order valence-electron chi connectivity index (χ1n) is 5.59. The van der Waals surface area contributed by atoms with Gasteiger partial charge in [-0.15, -0.1) is 0 Å². The quantitative estimate of drug-likeness (QED) is 0.917. The summed E-state index contributed by atoms with van der Waals surface area (Å²) in [5, 5.41) is 10.7. The van der Waals surface area contributed by atoms with Crippen molar-refractivity contribution in [1.29, 1.82) is 0 Å². The normalized spacial score (nSPS) is 11.1. The molecule has 2 rings (SSSR count). The Kier molecular flexibility index (Phi) is 3.90. The second-order valence-electron chi connectivity index (χ2n) is 4.05. The molecule has 0 amide bonds. The van der Waals surface area contributed by atoms with Gasteiger partial charge in [-0.3, -0.25) is 4.72 Å². The Bertz CT molecular complexity index is 806. The molecule has 0 aromatic heterocycles. The molecule has 0 heterocycles. The van der Waals surface area contributed by atoms with Gasteiger partial charge in [0.05, 0.1) is 16.6 Å². The van der Waals surface area contributed by atoms with Crippen molar-refractivity contribution in [2.45, 2.75) is 4.90 Å². The molecule has 0 spiro atoms. The molecule has 0 unspecified atom stereocenters. The van der Waals surface area contributed by atoms with E-state index in [9.17, 15) is 27.1 Å². The molecule has 0 radical (unpaired) electrons. The van der Waals surface area contributed by atoms with Gasteiger partial charge in [0.25, 0.3) is 10.0 Å². The number of hydrogen-bond donors (Lipinski definition) is 1. The van der Waals surface area contributed by atoms with Crippen LogP contribution in [0.5, 0.6) is 0 Å². The Morgan fingerprint density at radius 1 is 1.05 bits per heavy atom. The average molecular weight is 312 g/mol. The van der Waals surface area contributed by atoms with Crippen molar-refractivity contribution in [2.75, 3.05) is 4.72 Å². The second-order valence-corrected chi connectivity index (χ2v) is 5.73. The number of carbonyl (C=O) groups is 1. The maximum absolute atomic E-state index is 13.0. The highest BCUT2D eigenvalue weighted by Gasteiger charge is 2.15. The van der Waals surface area contributed by atoms with Gasteiger partial charge in [0.1, 0.15) is 0 Å².